The van der Waals surface area contributed by atoms with E-state index in [1.165, 1.54) is 6.92 Å². The number of carbonyl (C=O) groups is 2. The number of carboxylic acid groups (broad SMARTS) is 1. The summed E-state index contributed by atoms with van der Waals surface area (Å²) in [5.74, 6) is -1.38. The van der Waals surface area contributed by atoms with Gasteiger partial charge < -0.3 is 14.9 Å². The zero-order chi connectivity index (χ0) is 13.1. The van der Waals surface area contributed by atoms with E-state index < -0.39 is 18.0 Å². The molecule has 0 radical (unpaired) electrons. The number of esters is 1. The number of aliphatic carboxylic acids is 1. The van der Waals surface area contributed by atoms with E-state index in [-0.39, 0.29) is 12.2 Å². The van der Waals surface area contributed by atoms with E-state index in [9.17, 15) is 9.59 Å². The van der Waals surface area contributed by atoms with Crippen LogP contribution in [0, 0.1) is 0 Å². The van der Waals surface area contributed by atoms with E-state index in [4.69, 9.17) is 10.2 Å². The molecule has 0 aromatic heterocycles. The Morgan fingerprint density at radius 2 is 1.94 bits per heavy atom. The lowest BCUT2D eigenvalue weighted by Crippen LogP contribution is -2.08. The van der Waals surface area contributed by atoms with Crippen molar-refractivity contribution in [3.05, 3.63) is 24.8 Å². The van der Waals surface area contributed by atoms with Crippen molar-refractivity contribution in [2.24, 2.45) is 0 Å². The van der Waals surface area contributed by atoms with Crippen molar-refractivity contribution in [1.29, 1.82) is 0 Å². The summed E-state index contributed by atoms with van der Waals surface area (Å²) in [6.07, 6.45) is 1.15. The molecule has 5 heteroatoms. The second-order valence-electron chi connectivity index (χ2n) is 3.09. The standard InChI is InChI=1S/C7H12O3.C4H6O2/c1-3-7(9)10-5-4-6(2)8;1-3(2)4(5)6/h3,6,8H,1,4-5H2,2H3;1H2,2H3,(H,5,6). The molecule has 0 aliphatic heterocycles. The molecular formula is C11H18O5. The summed E-state index contributed by atoms with van der Waals surface area (Å²) in [4.78, 5) is 20.0. The zero-order valence-electron chi connectivity index (χ0n) is 9.60. The fraction of sp³-hybridized carbons (Fsp3) is 0.455. The summed E-state index contributed by atoms with van der Waals surface area (Å²) in [6.45, 7) is 9.72. The van der Waals surface area contributed by atoms with Gasteiger partial charge in [0.2, 0.25) is 0 Å². The number of aliphatic hydroxyl groups is 1. The van der Waals surface area contributed by atoms with Crippen LogP contribution in [0.3, 0.4) is 0 Å². The number of hydrogen-bond donors (Lipinski definition) is 2. The first kappa shape index (κ1) is 16.8. The molecule has 0 amide bonds. The lowest BCUT2D eigenvalue weighted by molar-refractivity contribution is -0.138. The Morgan fingerprint density at radius 3 is 2.19 bits per heavy atom. The van der Waals surface area contributed by atoms with Crippen LogP contribution in [0.4, 0.5) is 0 Å². The molecule has 0 saturated heterocycles. The van der Waals surface area contributed by atoms with Crippen molar-refractivity contribution in [2.45, 2.75) is 26.4 Å². The molecule has 0 heterocycles. The van der Waals surface area contributed by atoms with E-state index in [1.807, 2.05) is 0 Å². The molecule has 0 fully saturated rings. The molecule has 2 N–H and O–H groups in total. The normalized spacial score (nSPS) is 10.4. The van der Waals surface area contributed by atoms with Gasteiger partial charge in [0.25, 0.3) is 0 Å². The maximum atomic E-state index is 10.4. The van der Waals surface area contributed by atoms with Crippen LogP contribution in [-0.2, 0) is 14.3 Å². The molecule has 0 saturated carbocycles. The lowest BCUT2D eigenvalue weighted by Gasteiger charge is -2.02. The summed E-state index contributed by atoms with van der Waals surface area (Å²) < 4.78 is 4.58. The van der Waals surface area contributed by atoms with Crippen LogP contribution in [0.1, 0.15) is 20.3 Å². The van der Waals surface area contributed by atoms with Crippen molar-refractivity contribution in [2.75, 3.05) is 6.61 Å². The smallest absolute Gasteiger partial charge is 0.330 e. The van der Waals surface area contributed by atoms with E-state index in [2.05, 4.69) is 17.9 Å². The highest BCUT2D eigenvalue weighted by atomic mass is 16.5. The minimum atomic E-state index is -0.935. The number of carboxylic acids is 1. The Morgan fingerprint density at radius 1 is 1.50 bits per heavy atom. The maximum absolute atomic E-state index is 10.4. The fourth-order valence-corrected chi connectivity index (χ4v) is 0.389. The third-order valence-electron chi connectivity index (χ3n) is 1.31. The first-order valence-electron chi connectivity index (χ1n) is 4.67. The van der Waals surface area contributed by atoms with Crippen molar-refractivity contribution in [3.63, 3.8) is 0 Å². The highest BCUT2D eigenvalue weighted by Gasteiger charge is 1.97. The molecule has 0 rings (SSSR count). The quantitative estimate of drug-likeness (QED) is 0.546. The lowest BCUT2D eigenvalue weighted by atomic mass is 10.3. The van der Waals surface area contributed by atoms with Gasteiger partial charge in [-0.2, -0.15) is 0 Å². The van der Waals surface area contributed by atoms with E-state index in [1.54, 1.807) is 6.92 Å². The first-order chi connectivity index (χ1) is 7.31. The van der Waals surface area contributed by atoms with E-state index in [0.717, 1.165) is 6.08 Å². The Kier molecular flexibility index (Phi) is 10.4. The topological polar surface area (TPSA) is 83.8 Å². The highest BCUT2D eigenvalue weighted by Crippen LogP contribution is 1.90. The molecule has 16 heavy (non-hydrogen) atoms. The van der Waals surface area contributed by atoms with Gasteiger partial charge in [-0.05, 0) is 13.8 Å². The van der Waals surface area contributed by atoms with Crippen LogP contribution >= 0.6 is 0 Å². The Bertz CT molecular complexity index is 243. The molecule has 92 valence electrons. The first-order valence-corrected chi connectivity index (χ1v) is 4.67. The molecule has 0 aromatic rings. The molecule has 0 spiro atoms. The second-order valence-corrected chi connectivity index (χ2v) is 3.09. The zero-order valence-corrected chi connectivity index (χ0v) is 9.60. The van der Waals surface area contributed by atoms with Crippen LogP contribution in [0.25, 0.3) is 0 Å². The molecule has 0 aromatic carbocycles. The van der Waals surface area contributed by atoms with Gasteiger partial charge >= 0.3 is 11.9 Å². The van der Waals surface area contributed by atoms with Gasteiger partial charge in [-0.15, -0.1) is 0 Å². The van der Waals surface area contributed by atoms with Gasteiger partial charge in [0, 0.05) is 18.1 Å². The third-order valence-corrected chi connectivity index (χ3v) is 1.31. The largest absolute Gasteiger partial charge is 0.478 e. The number of aliphatic hydroxyl groups excluding tert-OH is 1. The van der Waals surface area contributed by atoms with Gasteiger partial charge in [-0.3, -0.25) is 0 Å². The van der Waals surface area contributed by atoms with Crippen molar-refractivity contribution in [1.82, 2.24) is 0 Å². The molecule has 0 aliphatic carbocycles. The summed E-state index contributed by atoms with van der Waals surface area (Å²) in [6, 6.07) is 0. The van der Waals surface area contributed by atoms with Crippen LogP contribution in [0.15, 0.2) is 24.8 Å². The average Bonchev–Trinajstić information content (AvgIpc) is 2.17. The van der Waals surface area contributed by atoms with Crippen LogP contribution in [-0.4, -0.2) is 34.9 Å². The molecule has 5 nitrogen and oxygen atoms in total. The minimum absolute atomic E-state index is 0.176. The molecular weight excluding hydrogens is 212 g/mol. The minimum Gasteiger partial charge on any atom is -0.478 e. The average molecular weight is 230 g/mol. The summed E-state index contributed by atoms with van der Waals surface area (Å²) in [5.41, 5.74) is 0.176. The Labute approximate surface area is 95.0 Å². The fourth-order valence-electron chi connectivity index (χ4n) is 0.389. The molecule has 1 atom stereocenters. The highest BCUT2D eigenvalue weighted by molar-refractivity contribution is 5.84. The number of hydrogen-bond acceptors (Lipinski definition) is 4. The van der Waals surface area contributed by atoms with Crippen molar-refractivity contribution in [3.8, 4) is 0 Å². The van der Waals surface area contributed by atoms with E-state index in [0.29, 0.717) is 6.42 Å². The predicted molar refractivity (Wildman–Crippen MR) is 59.9 cm³/mol. The summed E-state index contributed by atoms with van der Waals surface area (Å²) >= 11 is 0. The Hall–Kier alpha value is -1.62. The molecule has 1 unspecified atom stereocenters. The maximum Gasteiger partial charge on any atom is 0.330 e. The van der Waals surface area contributed by atoms with Gasteiger partial charge in [-0.25, -0.2) is 9.59 Å². The van der Waals surface area contributed by atoms with Gasteiger partial charge in [0.05, 0.1) is 12.7 Å². The van der Waals surface area contributed by atoms with Crippen LogP contribution in [0.2, 0.25) is 0 Å². The van der Waals surface area contributed by atoms with Gasteiger partial charge in [0.15, 0.2) is 0 Å². The Balaban J connectivity index is 0. The number of carbonyl (C=O) groups excluding carboxylic acids is 1. The van der Waals surface area contributed by atoms with Crippen LogP contribution in [0.5, 0.6) is 0 Å². The van der Waals surface area contributed by atoms with Crippen LogP contribution < -0.4 is 0 Å². The predicted octanol–water partition coefficient (Wildman–Crippen LogP) is 1.13. The monoisotopic (exact) mass is 230 g/mol. The SMILES string of the molecule is C=C(C)C(=O)O.C=CC(=O)OCCC(C)O. The van der Waals surface area contributed by atoms with Crippen molar-refractivity contribution >= 4 is 11.9 Å². The van der Waals surface area contributed by atoms with E-state index >= 15 is 0 Å². The van der Waals surface area contributed by atoms with Gasteiger partial charge in [0.1, 0.15) is 0 Å². The molecule has 0 bridgehead atoms. The second kappa shape index (κ2) is 9.92. The number of ether oxygens (including phenoxy) is 1. The third kappa shape index (κ3) is 14.9. The summed E-state index contributed by atoms with van der Waals surface area (Å²) in [5, 5.41) is 16.6. The number of rotatable bonds is 5. The molecule has 0 aliphatic rings. The summed E-state index contributed by atoms with van der Waals surface area (Å²) in [7, 11) is 0. The van der Waals surface area contributed by atoms with Gasteiger partial charge in [-0.1, -0.05) is 13.2 Å². The van der Waals surface area contributed by atoms with Crippen molar-refractivity contribution < 1.29 is 24.5 Å².